The first kappa shape index (κ1) is 35.2. The van der Waals surface area contributed by atoms with Crippen molar-refractivity contribution in [2.24, 2.45) is 0 Å². The van der Waals surface area contributed by atoms with Crippen LogP contribution >= 0.6 is 0 Å². The molecule has 0 bridgehead atoms. The monoisotopic (exact) mass is 764 g/mol. The van der Waals surface area contributed by atoms with Crippen LogP contribution in [0.15, 0.2) is 243 Å². The van der Waals surface area contributed by atoms with Crippen LogP contribution in [0.2, 0.25) is 0 Å². The van der Waals surface area contributed by atoms with E-state index in [1.807, 2.05) is 0 Å². The molecular formula is C58H40N2. The predicted molar refractivity (Wildman–Crippen MR) is 255 cm³/mol. The summed E-state index contributed by atoms with van der Waals surface area (Å²) in [6, 6.07) is 87.7. The van der Waals surface area contributed by atoms with E-state index in [1.165, 1.54) is 77.1 Å². The molecule has 1 aromatic heterocycles. The van der Waals surface area contributed by atoms with Gasteiger partial charge in [-0.2, -0.15) is 0 Å². The second-order valence-electron chi connectivity index (χ2n) is 15.4. The first-order valence-corrected chi connectivity index (χ1v) is 20.6. The molecule has 0 fully saturated rings. The van der Waals surface area contributed by atoms with Gasteiger partial charge in [0.05, 0.1) is 16.7 Å². The minimum Gasteiger partial charge on any atom is -0.310 e. The van der Waals surface area contributed by atoms with Gasteiger partial charge in [0.1, 0.15) is 0 Å². The highest BCUT2D eigenvalue weighted by Crippen LogP contribution is 2.41. The lowest BCUT2D eigenvalue weighted by Gasteiger charge is -2.27. The summed E-state index contributed by atoms with van der Waals surface area (Å²) in [6.07, 6.45) is 0. The van der Waals surface area contributed by atoms with Crippen molar-refractivity contribution in [2.45, 2.75) is 0 Å². The van der Waals surface area contributed by atoms with Crippen LogP contribution in [0.5, 0.6) is 0 Å². The fourth-order valence-corrected chi connectivity index (χ4v) is 8.79. The van der Waals surface area contributed by atoms with Crippen LogP contribution in [0, 0.1) is 0 Å². The van der Waals surface area contributed by atoms with E-state index < -0.39 is 0 Å². The van der Waals surface area contributed by atoms with Gasteiger partial charge < -0.3 is 9.47 Å². The highest BCUT2D eigenvalue weighted by atomic mass is 15.1. The number of benzene rings is 10. The SMILES string of the molecule is c1ccc(-c2ccc(N(c3ccc(-c4ccc(-c5ccc6c(c5)c5ccccc5n6-c5ccc(-c6ccccc6)cc5)cc4)cc3)c3cccc4ccccc34)cc2)cc1. The molecule has 11 rings (SSSR count). The molecule has 0 N–H and O–H groups in total. The summed E-state index contributed by atoms with van der Waals surface area (Å²) in [7, 11) is 0. The summed E-state index contributed by atoms with van der Waals surface area (Å²) in [5, 5.41) is 4.94. The van der Waals surface area contributed by atoms with E-state index in [-0.39, 0.29) is 0 Å². The van der Waals surface area contributed by atoms with Crippen LogP contribution in [0.1, 0.15) is 0 Å². The zero-order valence-electron chi connectivity index (χ0n) is 33.0. The zero-order chi connectivity index (χ0) is 39.8. The number of aromatic nitrogens is 1. The summed E-state index contributed by atoms with van der Waals surface area (Å²) >= 11 is 0. The number of para-hydroxylation sites is 1. The first-order chi connectivity index (χ1) is 29.7. The fraction of sp³-hybridized carbons (Fsp3) is 0. The lowest BCUT2D eigenvalue weighted by molar-refractivity contribution is 1.18. The Balaban J connectivity index is 0.905. The lowest BCUT2D eigenvalue weighted by atomic mass is 9.98. The minimum atomic E-state index is 1.11. The topological polar surface area (TPSA) is 8.17 Å². The van der Waals surface area contributed by atoms with Gasteiger partial charge in [0.15, 0.2) is 0 Å². The quantitative estimate of drug-likeness (QED) is 0.150. The highest BCUT2D eigenvalue weighted by molar-refractivity contribution is 6.10. The standard InChI is InChI=1S/C58H40N2/c1-3-12-41(13-4-1)44-26-33-50(34-27-44)59(56-21-11-17-48-16-7-8-18-53(48)56)51-35-28-46(29-36-51)43-22-24-47(25-23-43)49-32-39-58-55(40-49)54-19-9-10-20-57(54)60(58)52-37-30-45(31-38-52)42-14-5-2-6-15-42/h1-40H. The maximum absolute atomic E-state index is 2.39. The molecule has 10 aromatic carbocycles. The van der Waals surface area contributed by atoms with Gasteiger partial charge in [-0.3, -0.25) is 0 Å². The van der Waals surface area contributed by atoms with Crippen molar-refractivity contribution in [2.75, 3.05) is 4.90 Å². The molecule has 282 valence electrons. The van der Waals surface area contributed by atoms with Crippen molar-refractivity contribution in [1.82, 2.24) is 4.57 Å². The molecule has 1 heterocycles. The second kappa shape index (κ2) is 15.1. The van der Waals surface area contributed by atoms with Gasteiger partial charge in [0.25, 0.3) is 0 Å². The summed E-state index contributed by atoms with van der Waals surface area (Å²) in [5.74, 6) is 0. The third-order valence-electron chi connectivity index (χ3n) is 11.8. The molecule has 0 spiro atoms. The van der Waals surface area contributed by atoms with Crippen LogP contribution in [-0.2, 0) is 0 Å². The zero-order valence-corrected chi connectivity index (χ0v) is 33.0. The third-order valence-corrected chi connectivity index (χ3v) is 11.8. The van der Waals surface area contributed by atoms with Gasteiger partial charge in [-0.05, 0) is 111 Å². The molecule has 0 radical (unpaired) electrons. The molecule has 0 aliphatic heterocycles. The lowest BCUT2D eigenvalue weighted by Crippen LogP contribution is -2.10. The van der Waals surface area contributed by atoms with E-state index in [0.717, 1.165) is 22.7 Å². The van der Waals surface area contributed by atoms with E-state index in [4.69, 9.17) is 0 Å². The Hall–Kier alpha value is -7.94. The largest absolute Gasteiger partial charge is 0.310 e. The predicted octanol–water partition coefficient (Wildman–Crippen LogP) is 16.1. The fourth-order valence-electron chi connectivity index (χ4n) is 8.79. The number of rotatable bonds is 8. The highest BCUT2D eigenvalue weighted by Gasteiger charge is 2.17. The molecular weight excluding hydrogens is 725 g/mol. The molecule has 2 nitrogen and oxygen atoms in total. The van der Waals surface area contributed by atoms with E-state index in [0.29, 0.717) is 0 Å². The smallest absolute Gasteiger partial charge is 0.0541 e. The number of hydrogen-bond donors (Lipinski definition) is 0. The maximum atomic E-state index is 2.39. The maximum Gasteiger partial charge on any atom is 0.0541 e. The minimum absolute atomic E-state index is 1.11. The first-order valence-electron chi connectivity index (χ1n) is 20.6. The Bertz CT molecular complexity index is 3250. The van der Waals surface area contributed by atoms with Gasteiger partial charge in [-0.15, -0.1) is 0 Å². The Morgan fingerprint density at radius 3 is 1.28 bits per heavy atom. The van der Waals surface area contributed by atoms with Gasteiger partial charge in [-0.25, -0.2) is 0 Å². The summed E-state index contributed by atoms with van der Waals surface area (Å²) in [4.78, 5) is 2.37. The molecule has 0 aliphatic carbocycles. The summed E-state index contributed by atoms with van der Waals surface area (Å²) < 4.78 is 2.39. The average molecular weight is 765 g/mol. The van der Waals surface area contributed by atoms with Crippen molar-refractivity contribution >= 4 is 49.6 Å². The van der Waals surface area contributed by atoms with Gasteiger partial charge >= 0.3 is 0 Å². The van der Waals surface area contributed by atoms with Crippen LogP contribution in [-0.4, -0.2) is 4.57 Å². The Morgan fingerprint density at radius 2 is 0.683 bits per heavy atom. The van der Waals surface area contributed by atoms with E-state index in [2.05, 4.69) is 252 Å². The molecule has 0 atom stereocenters. The Labute approximate surface area is 350 Å². The number of nitrogens with zero attached hydrogens (tertiary/aromatic N) is 2. The van der Waals surface area contributed by atoms with Crippen molar-refractivity contribution in [3.63, 3.8) is 0 Å². The van der Waals surface area contributed by atoms with E-state index in [9.17, 15) is 0 Å². The van der Waals surface area contributed by atoms with Crippen LogP contribution in [0.25, 0.3) is 82.8 Å². The summed E-state index contributed by atoms with van der Waals surface area (Å²) in [5.41, 5.74) is 16.6. The van der Waals surface area contributed by atoms with Crippen molar-refractivity contribution in [3.8, 4) is 50.2 Å². The third kappa shape index (κ3) is 6.41. The van der Waals surface area contributed by atoms with Gasteiger partial charge in [0.2, 0.25) is 0 Å². The van der Waals surface area contributed by atoms with Gasteiger partial charge in [-0.1, -0.05) is 182 Å². The molecule has 11 aromatic rings. The Morgan fingerprint density at radius 1 is 0.267 bits per heavy atom. The molecule has 0 amide bonds. The summed E-state index contributed by atoms with van der Waals surface area (Å²) in [6.45, 7) is 0. The van der Waals surface area contributed by atoms with Crippen molar-refractivity contribution < 1.29 is 0 Å². The molecule has 0 unspecified atom stereocenters. The number of hydrogen-bond acceptors (Lipinski definition) is 1. The van der Waals surface area contributed by atoms with Gasteiger partial charge in [0, 0.05) is 33.2 Å². The van der Waals surface area contributed by atoms with Crippen LogP contribution in [0.4, 0.5) is 17.1 Å². The molecule has 2 heteroatoms. The average Bonchev–Trinajstić information content (AvgIpc) is 3.66. The number of fused-ring (bicyclic) bond motifs is 4. The van der Waals surface area contributed by atoms with E-state index in [1.54, 1.807) is 0 Å². The van der Waals surface area contributed by atoms with Crippen molar-refractivity contribution in [3.05, 3.63) is 243 Å². The molecule has 0 saturated carbocycles. The number of anilines is 3. The van der Waals surface area contributed by atoms with Crippen LogP contribution < -0.4 is 4.90 Å². The Kier molecular flexibility index (Phi) is 8.87. The van der Waals surface area contributed by atoms with Crippen molar-refractivity contribution in [1.29, 1.82) is 0 Å². The normalized spacial score (nSPS) is 11.3. The van der Waals surface area contributed by atoms with Crippen LogP contribution in [0.3, 0.4) is 0 Å². The molecule has 60 heavy (non-hydrogen) atoms. The molecule has 0 aliphatic rings. The van der Waals surface area contributed by atoms with E-state index >= 15 is 0 Å². The second-order valence-corrected chi connectivity index (χ2v) is 15.4. The molecule has 0 saturated heterocycles.